The molecule has 0 radical (unpaired) electrons. The first-order valence-electron chi connectivity index (χ1n) is 10.4. The van der Waals surface area contributed by atoms with E-state index in [-0.39, 0.29) is 17.1 Å². The summed E-state index contributed by atoms with van der Waals surface area (Å²) >= 11 is 0. The molecule has 0 aliphatic carbocycles. The normalized spacial score (nSPS) is 16.6. The molecule has 0 amide bonds. The number of rotatable bonds is 4. The minimum atomic E-state index is -3.50. The molecular weight excluding hydrogens is 416 g/mol. The van der Waals surface area contributed by atoms with Crippen LogP contribution in [0.5, 0.6) is 0 Å². The fraction of sp³-hybridized carbons (Fsp3) is 0.476. The highest BCUT2D eigenvalue weighted by molar-refractivity contribution is 7.89. The third kappa shape index (κ3) is 4.22. The smallest absolute Gasteiger partial charge is 0.263 e. The van der Waals surface area contributed by atoms with Crippen molar-refractivity contribution in [2.45, 2.75) is 57.0 Å². The minimum absolute atomic E-state index is 0.0103. The van der Waals surface area contributed by atoms with E-state index in [0.29, 0.717) is 47.8 Å². The second-order valence-electron chi connectivity index (χ2n) is 9.01. The van der Waals surface area contributed by atoms with Crippen molar-refractivity contribution in [3.05, 3.63) is 46.4 Å². The molecule has 0 unspecified atom stereocenters. The van der Waals surface area contributed by atoms with Crippen LogP contribution in [0.3, 0.4) is 0 Å². The zero-order valence-electron chi connectivity index (χ0n) is 18.2. The van der Waals surface area contributed by atoms with Crippen LogP contribution in [-0.4, -0.2) is 51.6 Å². The maximum absolute atomic E-state index is 12.9. The Labute approximate surface area is 181 Å². The van der Waals surface area contributed by atoms with E-state index >= 15 is 0 Å². The van der Waals surface area contributed by atoms with Gasteiger partial charge >= 0.3 is 0 Å². The predicted octanol–water partition coefficient (Wildman–Crippen LogP) is 2.45. The summed E-state index contributed by atoms with van der Waals surface area (Å²) in [6.07, 6.45) is 2.77. The number of hydrogen-bond donors (Lipinski definition) is 2. The molecule has 2 N–H and O–H groups in total. The van der Waals surface area contributed by atoms with Crippen LogP contribution < -0.4 is 10.9 Å². The zero-order valence-corrected chi connectivity index (χ0v) is 19.0. The molecule has 2 aromatic heterocycles. The van der Waals surface area contributed by atoms with Gasteiger partial charge in [-0.3, -0.25) is 9.78 Å². The van der Waals surface area contributed by atoms with Gasteiger partial charge in [0.15, 0.2) is 5.65 Å². The summed E-state index contributed by atoms with van der Waals surface area (Å²) in [4.78, 5) is 20.1. The number of aromatic amines is 1. The summed E-state index contributed by atoms with van der Waals surface area (Å²) in [6, 6.07) is 6.92. The number of H-pyrrole nitrogens is 1. The van der Waals surface area contributed by atoms with Gasteiger partial charge in [-0.15, -0.1) is 0 Å². The Kier molecular flexibility index (Phi) is 5.38. The lowest BCUT2D eigenvalue weighted by molar-refractivity contribution is 0.329. The number of aromatic nitrogens is 4. The van der Waals surface area contributed by atoms with Crippen molar-refractivity contribution in [3.63, 3.8) is 0 Å². The van der Waals surface area contributed by atoms with Gasteiger partial charge in [-0.25, -0.2) is 13.1 Å². The van der Waals surface area contributed by atoms with E-state index in [9.17, 15) is 13.2 Å². The van der Waals surface area contributed by atoms with Gasteiger partial charge in [-0.05, 0) is 52.7 Å². The Hall–Kier alpha value is -2.72. The van der Waals surface area contributed by atoms with Gasteiger partial charge in [-0.2, -0.15) is 14.4 Å². The molecule has 0 bridgehead atoms. The van der Waals surface area contributed by atoms with Crippen LogP contribution in [0.15, 0.2) is 40.2 Å². The monoisotopic (exact) mass is 444 g/mol. The number of aryl methyl sites for hydroxylation is 1. The number of anilines is 1. The highest BCUT2D eigenvalue weighted by Gasteiger charge is 2.30. The van der Waals surface area contributed by atoms with Gasteiger partial charge in [0.1, 0.15) is 5.39 Å². The highest BCUT2D eigenvalue weighted by atomic mass is 32.2. The fourth-order valence-electron chi connectivity index (χ4n) is 3.77. The molecule has 1 aliphatic heterocycles. The van der Waals surface area contributed by atoms with Gasteiger partial charge in [0, 0.05) is 19.1 Å². The van der Waals surface area contributed by atoms with Gasteiger partial charge in [0.25, 0.3) is 5.56 Å². The van der Waals surface area contributed by atoms with E-state index in [4.69, 9.17) is 0 Å². The summed E-state index contributed by atoms with van der Waals surface area (Å²) in [5.41, 5.74) is 0.990. The zero-order chi connectivity index (χ0) is 22.4. The second-order valence-corrected chi connectivity index (χ2v) is 11.0. The Morgan fingerprint density at radius 2 is 1.77 bits per heavy atom. The van der Waals surface area contributed by atoms with E-state index < -0.39 is 10.0 Å². The molecule has 3 aromatic rings. The van der Waals surface area contributed by atoms with Crippen LogP contribution in [0.2, 0.25) is 0 Å². The first-order valence-corrected chi connectivity index (χ1v) is 11.8. The van der Waals surface area contributed by atoms with E-state index in [0.717, 1.165) is 5.56 Å². The highest BCUT2D eigenvalue weighted by Crippen LogP contribution is 2.23. The van der Waals surface area contributed by atoms with Crippen molar-refractivity contribution in [1.82, 2.24) is 24.1 Å². The Balaban J connectivity index is 1.48. The van der Waals surface area contributed by atoms with Crippen molar-refractivity contribution in [2.75, 3.05) is 18.4 Å². The molecule has 166 valence electrons. The van der Waals surface area contributed by atoms with Crippen LogP contribution in [0.1, 0.15) is 39.2 Å². The maximum Gasteiger partial charge on any atom is 0.263 e. The van der Waals surface area contributed by atoms with E-state index in [2.05, 4.69) is 20.4 Å². The first-order chi connectivity index (χ1) is 14.6. The Morgan fingerprint density at radius 3 is 2.39 bits per heavy atom. The van der Waals surface area contributed by atoms with Crippen LogP contribution in [0, 0.1) is 6.92 Å². The number of hydrogen-bond acceptors (Lipinski definition) is 6. The average Bonchev–Trinajstić information content (AvgIpc) is 3.14. The lowest BCUT2D eigenvalue weighted by Gasteiger charge is -2.31. The number of fused-ring (bicyclic) bond motifs is 1. The molecule has 4 rings (SSSR count). The van der Waals surface area contributed by atoms with Crippen LogP contribution in [0.25, 0.3) is 11.0 Å². The standard InChI is InChI=1S/C21H28N6O3S/c1-14-5-7-16(8-6-14)31(29,30)26-11-9-15(10-12-26)23-20-24-18-17(19(28)25-20)13-22-27(18)21(2,3)4/h5-8,13,15H,9-12H2,1-4H3,(H2,23,24,25,28). The third-order valence-corrected chi connectivity index (χ3v) is 7.44. The fourth-order valence-corrected chi connectivity index (χ4v) is 5.24. The molecular formula is C21H28N6O3S. The molecule has 1 fully saturated rings. The molecule has 0 saturated carbocycles. The van der Waals surface area contributed by atoms with Crippen LogP contribution >= 0.6 is 0 Å². The summed E-state index contributed by atoms with van der Waals surface area (Å²) in [5, 5.41) is 8.04. The second kappa shape index (κ2) is 7.76. The minimum Gasteiger partial charge on any atom is -0.353 e. The van der Waals surface area contributed by atoms with Crippen LogP contribution in [0.4, 0.5) is 5.95 Å². The lowest BCUT2D eigenvalue weighted by Crippen LogP contribution is -2.42. The van der Waals surface area contributed by atoms with Crippen molar-refractivity contribution in [3.8, 4) is 0 Å². The summed E-state index contributed by atoms with van der Waals surface area (Å²) in [7, 11) is -3.50. The topological polar surface area (TPSA) is 113 Å². The van der Waals surface area contributed by atoms with E-state index in [1.165, 1.54) is 10.5 Å². The summed E-state index contributed by atoms with van der Waals surface area (Å²) < 4.78 is 29.0. The van der Waals surface area contributed by atoms with Crippen molar-refractivity contribution < 1.29 is 8.42 Å². The quantitative estimate of drug-likeness (QED) is 0.639. The molecule has 10 heteroatoms. The Bertz CT molecular complexity index is 1250. The average molecular weight is 445 g/mol. The van der Waals surface area contributed by atoms with Gasteiger partial charge < -0.3 is 5.32 Å². The van der Waals surface area contributed by atoms with Gasteiger partial charge in [0.05, 0.1) is 16.6 Å². The molecule has 1 saturated heterocycles. The summed E-state index contributed by atoms with van der Waals surface area (Å²) in [6.45, 7) is 8.73. The summed E-state index contributed by atoms with van der Waals surface area (Å²) in [5.74, 6) is 0.378. The SMILES string of the molecule is Cc1ccc(S(=O)(=O)N2CCC(Nc3nc4c(cnn4C(C)(C)C)c(=O)[nH]3)CC2)cc1. The molecule has 3 heterocycles. The largest absolute Gasteiger partial charge is 0.353 e. The molecule has 0 spiro atoms. The van der Waals surface area contributed by atoms with Gasteiger partial charge in [-0.1, -0.05) is 17.7 Å². The molecule has 31 heavy (non-hydrogen) atoms. The number of benzene rings is 1. The van der Waals surface area contributed by atoms with Crippen molar-refractivity contribution >= 4 is 27.0 Å². The Morgan fingerprint density at radius 1 is 1.13 bits per heavy atom. The lowest BCUT2D eigenvalue weighted by atomic mass is 10.1. The number of nitrogens with zero attached hydrogens (tertiary/aromatic N) is 4. The van der Waals surface area contributed by atoms with E-state index in [1.807, 2.05) is 39.8 Å². The first kappa shape index (κ1) is 21.5. The van der Waals surface area contributed by atoms with Crippen LogP contribution in [-0.2, 0) is 15.6 Å². The van der Waals surface area contributed by atoms with Crippen molar-refractivity contribution in [1.29, 1.82) is 0 Å². The predicted molar refractivity (Wildman–Crippen MR) is 120 cm³/mol. The molecule has 1 aliphatic rings. The molecule has 9 nitrogen and oxygen atoms in total. The van der Waals surface area contributed by atoms with Crippen molar-refractivity contribution in [2.24, 2.45) is 0 Å². The number of sulfonamides is 1. The maximum atomic E-state index is 12.9. The number of piperidine rings is 1. The third-order valence-electron chi connectivity index (χ3n) is 5.53. The number of nitrogens with one attached hydrogen (secondary N) is 2. The molecule has 1 aromatic carbocycles. The molecule has 0 atom stereocenters. The van der Waals surface area contributed by atoms with Gasteiger partial charge in [0.2, 0.25) is 16.0 Å². The van der Waals surface area contributed by atoms with E-state index in [1.54, 1.807) is 16.8 Å².